The zero-order chi connectivity index (χ0) is 20.8. The second-order valence-corrected chi connectivity index (χ2v) is 6.98. The number of amides is 2. The fourth-order valence-electron chi connectivity index (χ4n) is 2.95. The number of primary amides is 1. The van der Waals surface area contributed by atoms with Crippen molar-refractivity contribution in [3.05, 3.63) is 24.4 Å². The van der Waals surface area contributed by atoms with Gasteiger partial charge in [0.05, 0.1) is 18.3 Å². The molecule has 0 bridgehead atoms. The zero-order valence-corrected chi connectivity index (χ0v) is 15.4. The minimum Gasteiger partial charge on any atom is -0.491 e. The van der Waals surface area contributed by atoms with Crippen LogP contribution in [0.25, 0.3) is 11.4 Å². The third-order valence-electron chi connectivity index (χ3n) is 4.69. The van der Waals surface area contributed by atoms with Gasteiger partial charge in [-0.05, 0) is 19.1 Å². The number of anilines is 1. The molecule has 1 aromatic heterocycles. The van der Waals surface area contributed by atoms with E-state index in [-0.39, 0.29) is 5.88 Å². The molecule has 0 spiro atoms. The number of nitrogens with two attached hydrogens (primary N) is 1. The standard InChI is InChI=1S/C18H19F2N5O4/c1-9(15(21)26)22-10-2-3-11-12(6-10)28-5-4-25-8-14(24-16(11)25)29-17(27)23-13-7-18(13,19)20/h2-3,6,8-9,13,22H,4-5,7H2,1H3,(H2,21,26)(H,23,27)/t9-,13-/m0/s1. The minimum atomic E-state index is -2.88. The number of aromatic nitrogens is 2. The largest absolute Gasteiger partial charge is 0.491 e. The van der Waals surface area contributed by atoms with Crippen molar-refractivity contribution in [2.24, 2.45) is 5.73 Å². The second kappa shape index (κ2) is 6.90. The Morgan fingerprint density at radius 1 is 1.45 bits per heavy atom. The summed E-state index contributed by atoms with van der Waals surface area (Å²) in [7, 11) is 0. The van der Waals surface area contributed by atoms with Gasteiger partial charge in [-0.3, -0.25) is 4.79 Å². The highest BCUT2D eigenvalue weighted by molar-refractivity contribution is 5.83. The summed E-state index contributed by atoms with van der Waals surface area (Å²) in [5.74, 6) is -2.33. The van der Waals surface area contributed by atoms with Gasteiger partial charge in [-0.1, -0.05) is 0 Å². The zero-order valence-electron chi connectivity index (χ0n) is 15.4. The maximum absolute atomic E-state index is 12.9. The van der Waals surface area contributed by atoms with E-state index in [4.69, 9.17) is 15.2 Å². The van der Waals surface area contributed by atoms with Crippen LogP contribution in [0, 0.1) is 0 Å². The number of ether oxygens (including phenoxy) is 2. The molecule has 9 nitrogen and oxygen atoms in total. The topological polar surface area (TPSA) is 120 Å². The molecule has 1 aromatic carbocycles. The lowest BCUT2D eigenvalue weighted by atomic mass is 10.1. The molecule has 4 N–H and O–H groups in total. The molecule has 2 aromatic rings. The van der Waals surface area contributed by atoms with Crippen molar-refractivity contribution in [3.63, 3.8) is 0 Å². The molecule has 1 saturated carbocycles. The average molecular weight is 407 g/mol. The molecule has 1 aliphatic heterocycles. The van der Waals surface area contributed by atoms with Crippen LogP contribution in [0.1, 0.15) is 13.3 Å². The molecule has 0 saturated heterocycles. The van der Waals surface area contributed by atoms with E-state index >= 15 is 0 Å². The summed E-state index contributed by atoms with van der Waals surface area (Å²) >= 11 is 0. The molecule has 2 amide bonds. The van der Waals surface area contributed by atoms with Crippen LogP contribution in [0.2, 0.25) is 0 Å². The van der Waals surface area contributed by atoms with Gasteiger partial charge in [0, 0.05) is 18.2 Å². The Bertz CT molecular complexity index is 977. The number of hydrogen-bond donors (Lipinski definition) is 3. The van der Waals surface area contributed by atoms with Crippen molar-refractivity contribution in [3.8, 4) is 23.0 Å². The van der Waals surface area contributed by atoms with Crippen molar-refractivity contribution in [1.82, 2.24) is 14.9 Å². The minimum absolute atomic E-state index is 0.00105. The molecule has 154 valence electrons. The van der Waals surface area contributed by atoms with E-state index in [0.717, 1.165) is 0 Å². The molecule has 0 radical (unpaired) electrons. The molecule has 0 unspecified atom stereocenters. The van der Waals surface area contributed by atoms with E-state index in [1.807, 2.05) is 0 Å². The first-order chi connectivity index (χ1) is 13.7. The lowest BCUT2D eigenvalue weighted by Gasteiger charge is -2.14. The molecule has 29 heavy (non-hydrogen) atoms. The Hall–Kier alpha value is -3.37. The van der Waals surface area contributed by atoms with Crippen molar-refractivity contribution in [1.29, 1.82) is 0 Å². The number of rotatable bonds is 5. The van der Waals surface area contributed by atoms with Crippen molar-refractivity contribution in [2.75, 3.05) is 11.9 Å². The molecule has 11 heteroatoms. The highest BCUT2D eigenvalue weighted by Crippen LogP contribution is 2.41. The molecule has 4 rings (SSSR count). The molecule has 2 aliphatic rings. The van der Waals surface area contributed by atoms with Gasteiger partial charge in [-0.15, -0.1) is 0 Å². The van der Waals surface area contributed by atoms with Crippen molar-refractivity contribution in [2.45, 2.75) is 37.9 Å². The normalized spacial score (nSPS) is 19.6. The lowest BCUT2D eigenvalue weighted by Crippen LogP contribution is -2.32. The first-order valence-corrected chi connectivity index (χ1v) is 8.99. The second-order valence-electron chi connectivity index (χ2n) is 6.98. The Kier molecular flexibility index (Phi) is 4.52. The number of carbonyl (C=O) groups excluding carboxylic acids is 2. The average Bonchev–Trinajstić information content (AvgIpc) is 3.10. The van der Waals surface area contributed by atoms with Crippen LogP contribution in [0.3, 0.4) is 0 Å². The van der Waals surface area contributed by atoms with E-state index in [9.17, 15) is 18.4 Å². The van der Waals surface area contributed by atoms with E-state index in [1.54, 1.807) is 29.7 Å². The fourth-order valence-corrected chi connectivity index (χ4v) is 2.95. The van der Waals surface area contributed by atoms with E-state index in [0.29, 0.717) is 36.0 Å². The van der Waals surface area contributed by atoms with Gasteiger partial charge in [-0.2, -0.15) is 4.98 Å². The van der Waals surface area contributed by atoms with E-state index in [1.165, 1.54) is 6.20 Å². The van der Waals surface area contributed by atoms with Crippen LogP contribution in [-0.2, 0) is 11.3 Å². The summed E-state index contributed by atoms with van der Waals surface area (Å²) in [6.45, 7) is 2.43. The van der Waals surface area contributed by atoms with Crippen LogP contribution in [0.4, 0.5) is 19.3 Å². The van der Waals surface area contributed by atoms with Gasteiger partial charge >= 0.3 is 6.09 Å². The lowest BCUT2D eigenvalue weighted by molar-refractivity contribution is -0.118. The molecular weight excluding hydrogens is 388 g/mol. The van der Waals surface area contributed by atoms with Crippen LogP contribution < -0.4 is 25.8 Å². The molecule has 1 aliphatic carbocycles. The summed E-state index contributed by atoms with van der Waals surface area (Å²) in [5.41, 5.74) is 6.57. The van der Waals surface area contributed by atoms with Crippen LogP contribution in [0.15, 0.2) is 24.4 Å². The summed E-state index contributed by atoms with van der Waals surface area (Å²) < 4.78 is 38.4. The van der Waals surface area contributed by atoms with Gasteiger partial charge in [-0.25, -0.2) is 13.6 Å². The van der Waals surface area contributed by atoms with Gasteiger partial charge in [0.25, 0.3) is 5.92 Å². The number of fused-ring (bicyclic) bond motifs is 3. The number of hydrogen-bond acceptors (Lipinski definition) is 6. The summed E-state index contributed by atoms with van der Waals surface area (Å²) in [6.07, 6.45) is 0.147. The number of nitrogens with zero attached hydrogens (tertiary/aromatic N) is 2. The van der Waals surface area contributed by atoms with Crippen LogP contribution >= 0.6 is 0 Å². The number of benzene rings is 1. The number of alkyl halides is 2. The number of carbonyl (C=O) groups is 2. The number of nitrogens with one attached hydrogen (secondary N) is 2. The van der Waals surface area contributed by atoms with Crippen molar-refractivity contribution < 1.29 is 27.8 Å². The highest BCUT2D eigenvalue weighted by atomic mass is 19.3. The Morgan fingerprint density at radius 3 is 2.90 bits per heavy atom. The van der Waals surface area contributed by atoms with Crippen LogP contribution in [0.5, 0.6) is 11.6 Å². The predicted octanol–water partition coefficient (Wildman–Crippen LogP) is 1.72. The highest BCUT2D eigenvalue weighted by Gasteiger charge is 2.58. The third-order valence-corrected chi connectivity index (χ3v) is 4.69. The smallest absolute Gasteiger partial charge is 0.414 e. The molecule has 1 fully saturated rings. The first-order valence-electron chi connectivity index (χ1n) is 8.99. The Balaban J connectivity index is 1.52. The summed E-state index contributed by atoms with van der Waals surface area (Å²) in [6, 6.07) is 3.47. The van der Waals surface area contributed by atoms with Crippen molar-refractivity contribution >= 4 is 17.7 Å². The maximum atomic E-state index is 12.9. The molecule has 2 atom stereocenters. The van der Waals surface area contributed by atoms with Crippen LogP contribution in [-0.4, -0.2) is 46.2 Å². The number of halogens is 2. The summed E-state index contributed by atoms with van der Waals surface area (Å²) in [4.78, 5) is 27.3. The van der Waals surface area contributed by atoms with E-state index < -0.39 is 36.4 Å². The SMILES string of the molecule is C[C@H](Nc1ccc2c(c1)OCCn1cc(OC(=O)N[C@H]3CC3(F)F)nc1-2)C(N)=O. The monoisotopic (exact) mass is 407 g/mol. The molecule has 2 heterocycles. The fraction of sp³-hybridized carbons (Fsp3) is 0.389. The van der Waals surface area contributed by atoms with E-state index in [2.05, 4.69) is 15.6 Å². The van der Waals surface area contributed by atoms with Gasteiger partial charge in [0.1, 0.15) is 30.3 Å². The van der Waals surface area contributed by atoms with Gasteiger partial charge in [0.2, 0.25) is 11.8 Å². The Morgan fingerprint density at radius 2 is 2.21 bits per heavy atom. The first kappa shape index (κ1) is 19.0. The predicted molar refractivity (Wildman–Crippen MR) is 97.9 cm³/mol. The summed E-state index contributed by atoms with van der Waals surface area (Å²) in [5, 5.41) is 5.09. The van der Waals surface area contributed by atoms with Gasteiger partial charge < -0.3 is 30.4 Å². The quantitative estimate of drug-likeness (QED) is 0.694. The number of imidazole rings is 1. The molecular formula is C18H19F2N5O4. The van der Waals surface area contributed by atoms with Gasteiger partial charge in [0.15, 0.2) is 0 Å². The third kappa shape index (κ3) is 3.93. The Labute approximate surface area is 164 Å². The maximum Gasteiger partial charge on any atom is 0.414 e.